The normalized spacial score (nSPS) is 12.4. The van der Waals surface area contributed by atoms with E-state index in [1.807, 2.05) is 31.2 Å². The number of hydrogen-bond donors (Lipinski definition) is 2. The van der Waals surface area contributed by atoms with E-state index < -0.39 is 10.0 Å². The fourth-order valence-electron chi connectivity index (χ4n) is 3.09. The van der Waals surface area contributed by atoms with Gasteiger partial charge in [-0.05, 0) is 55.0 Å². The summed E-state index contributed by atoms with van der Waals surface area (Å²) in [5, 5.41) is 6.98. The maximum Gasteiger partial charge on any atom is 0.251 e. The zero-order chi connectivity index (χ0) is 22.6. The lowest BCUT2D eigenvalue weighted by atomic mass is 10.1. The second-order valence-corrected chi connectivity index (χ2v) is 8.83. The van der Waals surface area contributed by atoms with E-state index in [1.54, 1.807) is 29.2 Å². The molecule has 0 aliphatic heterocycles. The van der Waals surface area contributed by atoms with Crippen LogP contribution in [0.15, 0.2) is 88.9 Å². The first kappa shape index (κ1) is 21.5. The van der Waals surface area contributed by atoms with Gasteiger partial charge in [0, 0.05) is 5.56 Å². The number of carbonyl (C=O) groups excluding carboxylic acids is 1. The van der Waals surface area contributed by atoms with Crippen LogP contribution < -0.4 is 10.0 Å². The highest BCUT2D eigenvalue weighted by molar-refractivity contribution is 7.89. The number of hydrogen-bond acceptors (Lipinski definition) is 6. The summed E-state index contributed by atoms with van der Waals surface area (Å²) >= 11 is 0. The molecule has 1 atom stereocenters. The Labute approximate surface area is 185 Å². The number of amides is 1. The van der Waals surface area contributed by atoms with Crippen molar-refractivity contribution < 1.29 is 17.6 Å². The predicted molar refractivity (Wildman–Crippen MR) is 116 cm³/mol. The Morgan fingerprint density at radius 1 is 1.12 bits per heavy atom. The lowest BCUT2D eigenvalue weighted by Gasteiger charge is -2.15. The summed E-state index contributed by atoms with van der Waals surface area (Å²) in [6.45, 7) is 1.88. The zero-order valence-corrected chi connectivity index (χ0v) is 18.0. The van der Waals surface area contributed by atoms with Crippen LogP contribution in [0, 0.1) is 0 Å². The number of carbonyl (C=O) groups is 1. The van der Waals surface area contributed by atoms with Gasteiger partial charge < -0.3 is 9.73 Å². The molecule has 0 fully saturated rings. The third-order valence-electron chi connectivity index (χ3n) is 4.85. The van der Waals surface area contributed by atoms with E-state index in [9.17, 15) is 13.2 Å². The topological polar surface area (TPSA) is 119 Å². The number of rotatable bonds is 8. The third-order valence-corrected chi connectivity index (χ3v) is 6.25. The molecule has 164 valence electrons. The summed E-state index contributed by atoms with van der Waals surface area (Å²) in [6.07, 6.45) is 4.53. The summed E-state index contributed by atoms with van der Waals surface area (Å²) in [5.41, 5.74) is 1.99. The van der Waals surface area contributed by atoms with E-state index in [4.69, 9.17) is 4.42 Å². The predicted octanol–water partition coefficient (Wildman–Crippen LogP) is 2.83. The number of aromatic nitrogens is 3. The summed E-state index contributed by atoms with van der Waals surface area (Å²) in [5.74, 6) is 0.118. The smallest absolute Gasteiger partial charge is 0.251 e. The van der Waals surface area contributed by atoms with Gasteiger partial charge in [-0.15, -0.1) is 0 Å². The summed E-state index contributed by atoms with van der Waals surface area (Å²) < 4.78 is 34.4. The highest BCUT2D eigenvalue weighted by Crippen LogP contribution is 2.17. The molecule has 0 spiro atoms. The molecule has 1 amide bonds. The molecule has 2 aromatic carbocycles. The Morgan fingerprint density at radius 3 is 2.62 bits per heavy atom. The van der Waals surface area contributed by atoms with Crippen LogP contribution in [0.4, 0.5) is 0 Å². The average molecular weight is 452 g/mol. The van der Waals surface area contributed by atoms with Gasteiger partial charge >= 0.3 is 0 Å². The molecular weight excluding hydrogens is 430 g/mol. The molecular formula is C22H21N5O4S. The fraction of sp³-hybridized carbons (Fsp3) is 0.136. The van der Waals surface area contributed by atoms with Crippen LogP contribution in [0.1, 0.15) is 34.6 Å². The van der Waals surface area contributed by atoms with Crippen molar-refractivity contribution in [2.45, 2.75) is 24.4 Å². The maximum atomic E-state index is 12.7. The monoisotopic (exact) mass is 451 g/mol. The van der Waals surface area contributed by atoms with Gasteiger partial charge in [0.25, 0.3) is 5.91 Å². The van der Waals surface area contributed by atoms with Gasteiger partial charge in [0.15, 0.2) is 0 Å². The number of benzene rings is 2. The van der Waals surface area contributed by atoms with Crippen molar-refractivity contribution in [3.05, 3.63) is 96.5 Å². The molecule has 2 heterocycles. The first-order chi connectivity index (χ1) is 15.4. The summed E-state index contributed by atoms with van der Waals surface area (Å²) in [6, 6.07) is 16.5. The molecule has 0 saturated heterocycles. The lowest BCUT2D eigenvalue weighted by molar-refractivity contribution is 0.0939. The van der Waals surface area contributed by atoms with Crippen LogP contribution >= 0.6 is 0 Å². The van der Waals surface area contributed by atoms with E-state index in [-0.39, 0.29) is 29.0 Å². The molecule has 32 heavy (non-hydrogen) atoms. The minimum absolute atomic E-state index is 0.00143. The molecule has 0 aliphatic rings. The van der Waals surface area contributed by atoms with Crippen molar-refractivity contribution in [2.75, 3.05) is 0 Å². The molecule has 4 rings (SSSR count). The van der Waals surface area contributed by atoms with Crippen LogP contribution in [0.25, 0.3) is 5.69 Å². The second-order valence-electron chi connectivity index (χ2n) is 7.06. The van der Waals surface area contributed by atoms with Gasteiger partial charge in [-0.1, -0.05) is 18.2 Å². The van der Waals surface area contributed by atoms with Gasteiger partial charge in [0.1, 0.15) is 18.4 Å². The van der Waals surface area contributed by atoms with Gasteiger partial charge in [-0.3, -0.25) is 4.79 Å². The van der Waals surface area contributed by atoms with E-state index in [0.717, 1.165) is 11.3 Å². The molecule has 4 aromatic rings. The number of sulfonamides is 1. The summed E-state index contributed by atoms with van der Waals surface area (Å²) in [7, 11) is -3.80. The Hall–Kier alpha value is -3.76. The van der Waals surface area contributed by atoms with E-state index >= 15 is 0 Å². The Balaban J connectivity index is 1.43. The van der Waals surface area contributed by atoms with Crippen molar-refractivity contribution in [3.63, 3.8) is 0 Å². The lowest BCUT2D eigenvalue weighted by Crippen LogP contribution is -2.27. The fourth-order valence-corrected chi connectivity index (χ4v) is 4.13. The SMILES string of the molecule is C[C@@H](NC(=O)c1cccc(S(=O)(=O)NCc2ccco2)c1)c1ccc(-n2cncn2)cc1. The molecule has 2 N–H and O–H groups in total. The van der Waals surface area contributed by atoms with Crippen LogP contribution in [0.2, 0.25) is 0 Å². The highest BCUT2D eigenvalue weighted by atomic mass is 32.2. The molecule has 0 unspecified atom stereocenters. The van der Waals surface area contributed by atoms with Crippen LogP contribution in [-0.2, 0) is 16.6 Å². The molecule has 0 aliphatic carbocycles. The van der Waals surface area contributed by atoms with Crippen molar-refractivity contribution in [3.8, 4) is 5.69 Å². The third kappa shape index (κ3) is 4.93. The van der Waals surface area contributed by atoms with Gasteiger partial charge in [-0.25, -0.2) is 22.8 Å². The minimum atomic E-state index is -3.80. The number of nitrogens with zero attached hydrogens (tertiary/aromatic N) is 3. The highest BCUT2D eigenvalue weighted by Gasteiger charge is 2.18. The van der Waals surface area contributed by atoms with Crippen molar-refractivity contribution in [1.82, 2.24) is 24.8 Å². The molecule has 10 heteroatoms. The largest absolute Gasteiger partial charge is 0.468 e. The average Bonchev–Trinajstić information content (AvgIpc) is 3.52. The van der Waals surface area contributed by atoms with E-state index in [2.05, 4.69) is 20.1 Å². The van der Waals surface area contributed by atoms with Crippen molar-refractivity contribution >= 4 is 15.9 Å². The van der Waals surface area contributed by atoms with Gasteiger partial charge in [0.2, 0.25) is 10.0 Å². The minimum Gasteiger partial charge on any atom is -0.468 e. The maximum absolute atomic E-state index is 12.7. The van der Waals surface area contributed by atoms with Crippen molar-refractivity contribution in [1.29, 1.82) is 0 Å². The molecule has 9 nitrogen and oxygen atoms in total. The summed E-state index contributed by atoms with van der Waals surface area (Å²) in [4.78, 5) is 16.7. The second kappa shape index (κ2) is 9.16. The van der Waals surface area contributed by atoms with E-state index in [0.29, 0.717) is 5.76 Å². The van der Waals surface area contributed by atoms with Crippen LogP contribution in [0.5, 0.6) is 0 Å². The quantitative estimate of drug-likeness (QED) is 0.425. The van der Waals surface area contributed by atoms with Gasteiger partial charge in [0.05, 0.1) is 29.4 Å². The van der Waals surface area contributed by atoms with Crippen LogP contribution in [-0.4, -0.2) is 29.1 Å². The van der Waals surface area contributed by atoms with E-state index in [1.165, 1.54) is 30.8 Å². The molecule has 2 aromatic heterocycles. The standard InChI is InChI=1S/C22H21N5O4S/c1-16(17-7-9-19(10-8-17)27-15-23-14-24-27)26-22(28)18-4-2-6-21(12-18)32(29,30)25-13-20-5-3-11-31-20/h2-12,14-16,25H,13H2,1H3,(H,26,28)/t16-/m1/s1. The zero-order valence-electron chi connectivity index (χ0n) is 17.2. The van der Waals surface area contributed by atoms with Crippen molar-refractivity contribution in [2.24, 2.45) is 0 Å². The Bertz CT molecular complexity index is 1280. The number of furan rings is 1. The first-order valence-electron chi connectivity index (χ1n) is 9.80. The first-order valence-corrected chi connectivity index (χ1v) is 11.3. The number of nitrogens with one attached hydrogen (secondary N) is 2. The van der Waals surface area contributed by atoms with Gasteiger partial charge in [-0.2, -0.15) is 5.10 Å². The Kier molecular flexibility index (Phi) is 6.15. The Morgan fingerprint density at radius 2 is 1.94 bits per heavy atom. The molecule has 0 saturated carbocycles. The molecule has 0 bridgehead atoms. The molecule has 0 radical (unpaired) electrons. The van der Waals surface area contributed by atoms with Crippen LogP contribution in [0.3, 0.4) is 0 Å².